The number of ether oxygens (including phenoxy) is 1. The summed E-state index contributed by atoms with van der Waals surface area (Å²) in [6, 6.07) is 18.6. The highest BCUT2D eigenvalue weighted by atomic mass is 32.1. The van der Waals surface area contributed by atoms with E-state index in [4.69, 9.17) is 4.74 Å². The molecule has 1 amide bonds. The van der Waals surface area contributed by atoms with Crippen molar-refractivity contribution in [3.63, 3.8) is 0 Å². The number of anilines is 1. The van der Waals surface area contributed by atoms with Crippen LogP contribution in [0.2, 0.25) is 0 Å². The largest absolute Gasteiger partial charge is 0.447 e. The van der Waals surface area contributed by atoms with Crippen molar-refractivity contribution in [2.45, 2.75) is 20.0 Å². The van der Waals surface area contributed by atoms with Gasteiger partial charge in [-0.15, -0.1) is 11.3 Å². The van der Waals surface area contributed by atoms with Crippen LogP contribution in [0.15, 0.2) is 70.8 Å². The average Bonchev–Trinajstić information content (AvgIpc) is 3.40. The number of hydrogen-bond donors (Lipinski definition) is 1. The van der Waals surface area contributed by atoms with Gasteiger partial charge in [0.05, 0.1) is 17.1 Å². The van der Waals surface area contributed by atoms with Crippen LogP contribution in [0.25, 0.3) is 16.9 Å². The van der Waals surface area contributed by atoms with E-state index < -0.39 is 18.0 Å². The lowest BCUT2D eigenvalue weighted by molar-refractivity contribution is -0.123. The number of nitrogens with zero attached hydrogens (tertiary/aromatic N) is 3. The molecule has 0 radical (unpaired) electrons. The van der Waals surface area contributed by atoms with Crippen molar-refractivity contribution in [2.75, 3.05) is 5.32 Å². The number of amides is 1. The summed E-state index contributed by atoms with van der Waals surface area (Å²) >= 11 is 1.14. The number of esters is 1. The van der Waals surface area contributed by atoms with Crippen LogP contribution in [0.4, 0.5) is 5.69 Å². The molecule has 0 saturated heterocycles. The van der Waals surface area contributed by atoms with Crippen molar-refractivity contribution in [2.24, 2.45) is 7.05 Å². The molecule has 4 rings (SSSR count). The number of thiazole rings is 1. The molecule has 0 bridgehead atoms. The Hall–Kier alpha value is -3.98. The van der Waals surface area contributed by atoms with Crippen LogP contribution in [0.1, 0.15) is 22.4 Å². The molecular weight excluding hydrogens is 440 g/mol. The molecule has 33 heavy (non-hydrogen) atoms. The number of aromatic nitrogens is 3. The Kier molecular flexibility index (Phi) is 6.23. The number of nitrogens with one attached hydrogen (secondary N) is 1. The molecule has 8 nitrogen and oxygen atoms in total. The van der Waals surface area contributed by atoms with Crippen molar-refractivity contribution in [3.05, 3.63) is 87.1 Å². The highest BCUT2D eigenvalue weighted by Gasteiger charge is 2.24. The van der Waals surface area contributed by atoms with E-state index in [0.717, 1.165) is 16.9 Å². The first-order chi connectivity index (χ1) is 15.9. The second kappa shape index (κ2) is 9.25. The zero-order valence-corrected chi connectivity index (χ0v) is 19.1. The van der Waals surface area contributed by atoms with E-state index in [2.05, 4.69) is 10.3 Å². The molecule has 0 aliphatic carbocycles. The summed E-state index contributed by atoms with van der Waals surface area (Å²) < 4.78 is 8.42. The van der Waals surface area contributed by atoms with E-state index in [-0.39, 0.29) is 16.3 Å². The summed E-state index contributed by atoms with van der Waals surface area (Å²) in [5, 5.41) is 4.52. The number of benzene rings is 2. The predicted molar refractivity (Wildman–Crippen MR) is 127 cm³/mol. The minimum atomic E-state index is -1.12. The van der Waals surface area contributed by atoms with Gasteiger partial charge in [0, 0.05) is 18.0 Å². The Morgan fingerprint density at radius 1 is 1.06 bits per heavy atom. The summed E-state index contributed by atoms with van der Waals surface area (Å²) in [4.78, 5) is 42.5. The van der Waals surface area contributed by atoms with E-state index in [1.54, 1.807) is 36.2 Å². The fourth-order valence-electron chi connectivity index (χ4n) is 3.31. The van der Waals surface area contributed by atoms with E-state index in [1.807, 2.05) is 48.5 Å². The van der Waals surface area contributed by atoms with Gasteiger partial charge in [0.2, 0.25) is 5.01 Å². The SMILES string of the molecule is Cc1c(NC(=O)[C@H](C)OC(=O)c2nc(-c3ccccc3)cs2)c(=O)n(-c2ccccc2)n1C. The molecule has 0 saturated carbocycles. The van der Waals surface area contributed by atoms with E-state index in [1.165, 1.54) is 11.6 Å². The lowest BCUT2D eigenvalue weighted by Crippen LogP contribution is -2.32. The minimum Gasteiger partial charge on any atom is -0.447 e. The van der Waals surface area contributed by atoms with Gasteiger partial charge in [0.15, 0.2) is 6.10 Å². The van der Waals surface area contributed by atoms with E-state index in [0.29, 0.717) is 17.1 Å². The Bertz CT molecular complexity index is 1360. The lowest BCUT2D eigenvalue weighted by atomic mass is 10.2. The molecule has 0 unspecified atom stereocenters. The number of hydrogen-bond acceptors (Lipinski definition) is 6. The van der Waals surface area contributed by atoms with Crippen LogP contribution < -0.4 is 10.9 Å². The van der Waals surface area contributed by atoms with Crippen molar-refractivity contribution >= 4 is 28.9 Å². The molecule has 0 spiro atoms. The molecular formula is C24H22N4O4S. The van der Waals surface area contributed by atoms with Gasteiger partial charge in [-0.25, -0.2) is 14.5 Å². The van der Waals surface area contributed by atoms with E-state index >= 15 is 0 Å². The first-order valence-electron chi connectivity index (χ1n) is 10.2. The molecule has 4 aromatic rings. The van der Waals surface area contributed by atoms with Crippen molar-refractivity contribution < 1.29 is 14.3 Å². The molecule has 9 heteroatoms. The third-order valence-electron chi connectivity index (χ3n) is 5.20. The zero-order valence-electron chi connectivity index (χ0n) is 18.3. The highest BCUT2D eigenvalue weighted by Crippen LogP contribution is 2.22. The van der Waals surface area contributed by atoms with Crippen molar-refractivity contribution in [3.8, 4) is 16.9 Å². The molecule has 0 aliphatic heterocycles. The second-order valence-electron chi connectivity index (χ2n) is 7.38. The fraction of sp³-hybridized carbons (Fsp3) is 0.167. The number of para-hydroxylation sites is 1. The Labute approximate surface area is 194 Å². The molecule has 2 heterocycles. The van der Waals surface area contributed by atoms with Crippen LogP contribution in [-0.4, -0.2) is 32.3 Å². The third-order valence-corrected chi connectivity index (χ3v) is 6.03. The van der Waals surface area contributed by atoms with Crippen LogP contribution in [-0.2, 0) is 16.6 Å². The standard InChI is InChI=1S/C24H22N4O4S/c1-15-20(23(30)28(27(15)3)18-12-8-5-9-13-18)26-21(29)16(2)32-24(31)22-25-19(14-33-22)17-10-6-4-7-11-17/h4-14,16H,1-3H3,(H,26,29)/t16-/m0/s1. The smallest absolute Gasteiger partial charge is 0.368 e. The molecule has 2 aromatic carbocycles. The van der Waals surface area contributed by atoms with E-state index in [9.17, 15) is 14.4 Å². The maximum atomic E-state index is 13.0. The Morgan fingerprint density at radius 2 is 1.70 bits per heavy atom. The summed E-state index contributed by atoms with van der Waals surface area (Å²) in [6.45, 7) is 3.18. The maximum Gasteiger partial charge on any atom is 0.368 e. The van der Waals surface area contributed by atoms with Gasteiger partial charge in [-0.3, -0.25) is 14.3 Å². The highest BCUT2D eigenvalue weighted by molar-refractivity contribution is 7.11. The zero-order chi connectivity index (χ0) is 23.5. The first kappa shape index (κ1) is 22.2. The fourth-order valence-corrected chi connectivity index (χ4v) is 4.02. The van der Waals surface area contributed by atoms with Crippen LogP contribution >= 0.6 is 11.3 Å². The van der Waals surface area contributed by atoms with Gasteiger partial charge in [-0.1, -0.05) is 48.5 Å². The molecule has 1 N–H and O–H groups in total. The summed E-state index contributed by atoms with van der Waals surface area (Å²) in [5.74, 6) is -1.30. The Morgan fingerprint density at radius 3 is 2.36 bits per heavy atom. The van der Waals surface area contributed by atoms with Crippen molar-refractivity contribution in [1.82, 2.24) is 14.3 Å². The normalized spacial score (nSPS) is 11.7. The molecule has 0 aliphatic rings. The number of rotatable bonds is 6. The van der Waals surface area contributed by atoms with Crippen LogP contribution in [0.5, 0.6) is 0 Å². The monoisotopic (exact) mass is 462 g/mol. The van der Waals surface area contributed by atoms with Gasteiger partial charge >= 0.3 is 5.97 Å². The molecule has 2 aromatic heterocycles. The topological polar surface area (TPSA) is 95.2 Å². The molecule has 168 valence electrons. The average molecular weight is 463 g/mol. The molecule has 1 atom stereocenters. The van der Waals surface area contributed by atoms with Crippen molar-refractivity contribution in [1.29, 1.82) is 0 Å². The Balaban J connectivity index is 1.47. The number of carbonyl (C=O) groups excluding carboxylic acids is 2. The lowest BCUT2D eigenvalue weighted by Gasteiger charge is -2.12. The minimum absolute atomic E-state index is 0.134. The van der Waals surface area contributed by atoms with Gasteiger partial charge in [-0.2, -0.15) is 0 Å². The number of carbonyl (C=O) groups is 2. The van der Waals surface area contributed by atoms with Gasteiger partial charge < -0.3 is 10.1 Å². The molecule has 0 fully saturated rings. The van der Waals surface area contributed by atoms with Gasteiger partial charge in [0.1, 0.15) is 5.69 Å². The summed E-state index contributed by atoms with van der Waals surface area (Å²) in [6.07, 6.45) is -1.12. The third kappa shape index (κ3) is 4.49. The van der Waals surface area contributed by atoms with Crippen LogP contribution in [0, 0.1) is 6.92 Å². The first-order valence-corrected chi connectivity index (χ1v) is 11.1. The van der Waals surface area contributed by atoms with Gasteiger partial charge in [-0.05, 0) is 26.0 Å². The predicted octanol–water partition coefficient (Wildman–Crippen LogP) is 3.79. The quantitative estimate of drug-likeness (QED) is 0.440. The maximum absolute atomic E-state index is 13.0. The summed E-state index contributed by atoms with van der Waals surface area (Å²) in [7, 11) is 1.73. The van der Waals surface area contributed by atoms with Crippen LogP contribution in [0.3, 0.4) is 0 Å². The summed E-state index contributed by atoms with van der Waals surface area (Å²) in [5.41, 5.74) is 2.54. The second-order valence-corrected chi connectivity index (χ2v) is 8.24. The van der Waals surface area contributed by atoms with Gasteiger partial charge in [0.25, 0.3) is 11.5 Å².